The number of para-hydroxylation sites is 1. The molecule has 16 heavy (non-hydrogen) atoms. The smallest absolute Gasteiger partial charge is 0.0961 e. The van der Waals surface area contributed by atoms with Crippen molar-refractivity contribution in [1.29, 1.82) is 0 Å². The van der Waals surface area contributed by atoms with E-state index in [0.29, 0.717) is 0 Å². The third kappa shape index (κ3) is 2.89. The van der Waals surface area contributed by atoms with Crippen LogP contribution in [0, 0.1) is 6.92 Å². The first-order valence-corrected chi connectivity index (χ1v) is 5.71. The molecular formula is C13H21ClN2. The number of aryl methyl sites for hydroxylation is 1. The highest BCUT2D eigenvalue weighted by molar-refractivity contribution is 5.53. The maximum Gasteiger partial charge on any atom is 0.0961 e. The predicted molar refractivity (Wildman–Crippen MR) is 65.2 cm³/mol. The molecule has 0 N–H and O–H groups in total. The zero-order chi connectivity index (χ0) is 10.9. The van der Waals surface area contributed by atoms with E-state index >= 15 is 0 Å². The van der Waals surface area contributed by atoms with E-state index in [0.717, 1.165) is 4.48 Å². The van der Waals surface area contributed by atoms with Gasteiger partial charge in [0.2, 0.25) is 0 Å². The Morgan fingerprint density at radius 2 is 1.62 bits per heavy atom. The fourth-order valence-electron chi connectivity index (χ4n) is 2.17. The number of quaternary nitrogens is 1. The molecule has 1 aliphatic rings. The van der Waals surface area contributed by atoms with Crippen molar-refractivity contribution in [2.45, 2.75) is 6.92 Å². The van der Waals surface area contributed by atoms with Crippen LogP contribution in [0.2, 0.25) is 0 Å². The standard InChI is InChI=1S/C13H21N2.ClH/c1-12-6-4-5-7-13(12)14-8-10-15(2,3)11-9-14;/h4-7H,8-11H2,1-3H3;1H/q+1;/p-1. The Bertz CT molecular complexity index is 340. The molecule has 1 aliphatic heterocycles. The second-order valence-corrected chi connectivity index (χ2v) is 5.16. The predicted octanol–water partition coefficient (Wildman–Crippen LogP) is -1.10. The molecule has 1 saturated heterocycles. The summed E-state index contributed by atoms with van der Waals surface area (Å²) in [6, 6.07) is 8.68. The van der Waals surface area contributed by atoms with E-state index in [4.69, 9.17) is 0 Å². The summed E-state index contributed by atoms with van der Waals surface area (Å²) in [5.41, 5.74) is 2.81. The van der Waals surface area contributed by atoms with Crippen LogP contribution in [0.5, 0.6) is 0 Å². The van der Waals surface area contributed by atoms with Crippen LogP contribution in [-0.4, -0.2) is 44.8 Å². The largest absolute Gasteiger partial charge is 1.00 e. The van der Waals surface area contributed by atoms with Crippen LogP contribution in [0.3, 0.4) is 0 Å². The van der Waals surface area contributed by atoms with Crippen molar-refractivity contribution in [2.75, 3.05) is 45.2 Å². The first kappa shape index (κ1) is 13.3. The minimum atomic E-state index is 0. The molecule has 0 bridgehead atoms. The second-order valence-electron chi connectivity index (χ2n) is 5.16. The van der Waals surface area contributed by atoms with Crippen LogP contribution >= 0.6 is 0 Å². The highest BCUT2D eigenvalue weighted by Crippen LogP contribution is 2.21. The molecule has 0 aromatic heterocycles. The second kappa shape index (κ2) is 5.07. The fourth-order valence-corrected chi connectivity index (χ4v) is 2.17. The lowest BCUT2D eigenvalue weighted by Gasteiger charge is -2.40. The van der Waals surface area contributed by atoms with E-state index in [-0.39, 0.29) is 12.4 Å². The maximum atomic E-state index is 2.51. The lowest BCUT2D eigenvalue weighted by Crippen LogP contribution is -3.00. The van der Waals surface area contributed by atoms with E-state index in [2.05, 4.69) is 50.2 Å². The number of piperazine rings is 1. The Hall–Kier alpha value is -0.730. The number of hydrogen-bond donors (Lipinski definition) is 0. The summed E-state index contributed by atoms with van der Waals surface area (Å²) in [5.74, 6) is 0. The number of rotatable bonds is 1. The van der Waals surface area contributed by atoms with Gasteiger partial charge in [-0.1, -0.05) is 18.2 Å². The molecular weight excluding hydrogens is 220 g/mol. The molecule has 0 unspecified atom stereocenters. The quantitative estimate of drug-likeness (QED) is 0.564. The normalized spacial score (nSPS) is 19.1. The third-order valence-electron chi connectivity index (χ3n) is 3.41. The van der Waals surface area contributed by atoms with Crippen molar-refractivity contribution in [3.05, 3.63) is 29.8 Å². The monoisotopic (exact) mass is 240 g/mol. The van der Waals surface area contributed by atoms with Crippen molar-refractivity contribution in [2.24, 2.45) is 0 Å². The van der Waals surface area contributed by atoms with Gasteiger partial charge in [0.05, 0.1) is 40.3 Å². The van der Waals surface area contributed by atoms with Crippen LogP contribution in [0.1, 0.15) is 5.56 Å². The van der Waals surface area contributed by atoms with Crippen molar-refractivity contribution < 1.29 is 16.9 Å². The van der Waals surface area contributed by atoms with Crippen molar-refractivity contribution in [1.82, 2.24) is 0 Å². The first-order chi connectivity index (χ1) is 7.08. The van der Waals surface area contributed by atoms with Gasteiger partial charge in [0.1, 0.15) is 0 Å². The van der Waals surface area contributed by atoms with Gasteiger partial charge in [-0.05, 0) is 18.6 Å². The molecule has 2 nitrogen and oxygen atoms in total. The Morgan fingerprint density at radius 3 is 2.19 bits per heavy atom. The molecule has 1 heterocycles. The van der Waals surface area contributed by atoms with Crippen molar-refractivity contribution >= 4 is 5.69 Å². The zero-order valence-electron chi connectivity index (χ0n) is 10.4. The summed E-state index contributed by atoms with van der Waals surface area (Å²) >= 11 is 0. The van der Waals surface area contributed by atoms with Gasteiger partial charge in [0, 0.05) is 5.69 Å². The molecule has 0 amide bonds. The summed E-state index contributed by atoms with van der Waals surface area (Å²) < 4.78 is 1.16. The van der Waals surface area contributed by atoms with Crippen LogP contribution < -0.4 is 17.3 Å². The number of benzene rings is 1. The molecule has 0 aliphatic carbocycles. The van der Waals surface area contributed by atoms with E-state index in [1.807, 2.05) is 0 Å². The minimum Gasteiger partial charge on any atom is -1.00 e. The number of nitrogens with zero attached hydrogens (tertiary/aromatic N) is 2. The Balaban J connectivity index is 0.00000128. The highest BCUT2D eigenvalue weighted by Gasteiger charge is 2.24. The van der Waals surface area contributed by atoms with Gasteiger partial charge in [0.25, 0.3) is 0 Å². The average Bonchev–Trinajstić information content (AvgIpc) is 2.19. The summed E-state index contributed by atoms with van der Waals surface area (Å²) in [6.07, 6.45) is 0. The van der Waals surface area contributed by atoms with Gasteiger partial charge >= 0.3 is 0 Å². The van der Waals surface area contributed by atoms with Gasteiger partial charge in [-0.3, -0.25) is 0 Å². The molecule has 1 fully saturated rings. The summed E-state index contributed by atoms with van der Waals surface area (Å²) in [7, 11) is 4.63. The minimum absolute atomic E-state index is 0. The molecule has 2 rings (SSSR count). The third-order valence-corrected chi connectivity index (χ3v) is 3.41. The summed E-state index contributed by atoms with van der Waals surface area (Å²) in [4.78, 5) is 2.51. The average molecular weight is 241 g/mol. The molecule has 3 heteroatoms. The number of halogens is 1. The number of likely N-dealkylation sites (N-methyl/N-ethyl adjacent to an activating group) is 1. The van der Waals surface area contributed by atoms with Gasteiger partial charge in [-0.2, -0.15) is 0 Å². The summed E-state index contributed by atoms with van der Waals surface area (Å²) in [6.45, 7) is 7.04. The Kier molecular flexibility index (Phi) is 4.22. The molecule has 0 saturated carbocycles. The van der Waals surface area contributed by atoms with Crippen LogP contribution in [0.4, 0.5) is 5.69 Å². The lowest BCUT2D eigenvalue weighted by atomic mass is 10.1. The zero-order valence-corrected chi connectivity index (χ0v) is 11.2. The SMILES string of the molecule is Cc1ccccc1N1CC[N+](C)(C)CC1.[Cl-]. The molecule has 0 radical (unpaired) electrons. The van der Waals surface area contributed by atoms with Crippen LogP contribution in [0.25, 0.3) is 0 Å². The van der Waals surface area contributed by atoms with Gasteiger partial charge in [-0.15, -0.1) is 0 Å². The first-order valence-electron chi connectivity index (χ1n) is 5.71. The van der Waals surface area contributed by atoms with Gasteiger partial charge < -0.3 is 21.8 Å². The van der Waals surface area contributed by atoms with Crippen LogP contribution in [-0.2, 0) is 0 Å². The van der Waals surface area contributed by atoms with Gasteiger partial charge in [-0.25, -0.2) is 0 Å². The maximum absolute atomic E-state index is 2.51. The molecule has 0 spiro atoms. The van der Waals surface area contributed by atoms with E-state index in [1.54, 1.807) is 0 Å². The molecule has 1 aromatic rings. The Labute approximate surface area is 105 Å². The highest BCUT2D eigenvalue weighted by atomic mass is 35.5. The lowest BCUT2D eigenvalue weighted by molar-refractivity contribution is -0.890. The van der Waals surface area contributed by atoms with E-state index < -0.39 is 0 Å². The number of hydrogen-bond acceptors (Lipinski definition) is 1. The molecule has 1 aromatic carbocycles. The topological polar surface area (TPSA) is 3.24 Å². The van der Waals surface area contributed by atoms with Crippen molar-refractivity contribution in [3.63, 3.8) is 0 Å². The molecule has 0 atom stereocenters. The fraction of sp³-hybridized carbons (Fsp3) is 0.538. The Morgan fingerprint density at radius 1 is 1.06 bits per heavy atom. The van der Waals surface area contributed by atoms with E-state index in [1.165, 1.54) is 37.4 Å². The van der Waals surface area contributed by atoms with Crippen molar-refractivity contribution in [3.8, 4) is 0 Å². The molecule has 90 valence electrons. The van der Waals surface area contributed by atoms with E-state index in [9.17, 15) is 0 Å². The summed E-state index contributed by atoms with van der Waals surface area (Å²) in [5, 5.41) is 0. The van der Waals surface area contributed by atoms with Gasteiger partial charge in [0.15, 0.2) is 0 Å². The number of anilines is 1. The van der Waals surface area contributed by atoms with Crippen LogP contribution in [0.15, 0.2) is 24.3 Å².